The fraction of sp³-hybridized carbons (Fsp3) is 0.846. The molecular weight excluding hydrogens is 234 g/mol. The second-order valence-electron chi connectivity index (χ2n) is 5.12. The predicted molar refractivity (Wildman–Crippen MR) is 64.8 cm³/mol. The first kappa shape index (κ1) is 13.3. The van der Waals surface area contributed by atoms with E-state index in [2.05, 4.69) is 0 Å². The molecule has 0 aromatic rings. The van der Waals surface area contributed by atoms with Gasteiger partial charge in [0, 0.05) is 19.7 Å². The number of nitrogens with zero attached hydrogens (tertiary/aromatic N) is 1. The number of likely N-dealkylation sites (tertiary alicyclic amines) is 1. The molecule has 0 saturated carbocycles. The van der Waals surface area contributed by atoms with Crippen molar-refractivity contribution in [1.82, 2.24) is 4.90 Å². The summed E-state index contributed by atoms with van der Waals surface area (Å²) < 4.78 is 10.2. The van der Waals surface area contributed by atoms with E-state index < -0.39 is 0 Å². The Bertz CT molecular complexity index is 331. The lowest BCUT2D eigenvalue weighted by molar-refractivity contribution is -0.150. The Labute approximate surface area is 107 Å². The number of esters is 1. The Morgan fingerprint density at radius 2 is 2.11 bits per heavy atom. The summed E-state index contributed by atoms with van der Waals surface area (Å²) in [5.74, 6) is -0.274. The largest absolute Gasteiger partial charge is 0.469 e. The molecule has 0 aliphatic carbocycles. The van der Waals surface area contributed by atoms with E-state index in [0.29, 0.717) is 13.2 Å². The van der Waals surface area contributed by atoms with Crippen LogP contribution in [-0.4, -0.2) is 49.7 Å². The van der Waals surface area contributed by atoms with E-state index in [1.54, 1.807) is 4.90 Å². The SMILES string of the molecule is COC(=O)C1CCCN(C(=O)C2CCOC2C)C1. The molecule has 2 fully saturated rings. The predicted octanol–water partition coefficient (Wildman–Crippen LogP) is 0.823. The van der Waals surface area contributed by atoms with E-state index >= 15 is 0 Å². The summed E-state index contributed by atoms with van der Waals surface area (Å²) in [4.78, 5) is 25.7. The van der Waals surface area contributed by atoms with Gasteiger partial charge < -0.3 is 14.4 Å². The van der Waals surface area contributed by atoms with Gasteiger partial charge in [-0.05, 0) is 26.2 Å². The van der Waals surface area contributed by atoms with Crippen LogP contribution in [0.4, 0.5) is 0 Å². The summed E-state index contributed by atoms with van der Waals surface area (Å²) in [6.07, 6.45) is 2.47. The molecule has 0 bridgehead atoms. The normalized spacial score (nSPS) is 32.3. The maximum Gasteiger partial charge on any atom is 0.310 e. The molecule has 5 nitrogen and oxygen atoms in total. The Morgan fingerprint density at radius 3 is 2.72 bits per heavy atom. The number of hydrogen-bond donors (Lipinski definition) is 0. The van der Waals surface area contributed by atoms with E-state index in [4.69, 9.17) is 9.47 Å². The van der Waals surface area contributed by atoms with Crippen molar-refractivity contribution in [3.63, 3.8) is 0 Å². The van der Waals surface area contributed by atoms with Crippen LogP contribution in [0.2, 0.25) is 0 Å². The lowest BCUT2D eigenvalue weighted by Gasteiger charge is -2.33. The summed E-state index contributed by atoms with van der Waals surface area (Å²) >= 11 is 0. The number of hydrogen-bond acceptors (Lipinski definition) is 4. The molecule has 0 aromatic carbocycles. The van der Waals surface area contributed by atoms with Crippen LogP contribution in [0.1, 0.15) is 26.2 Å². The van der Waals surface area contributed by atoms with Crippen LogP contribution < -0.4 is 0 Å². The molecule has 2 aliphatic heterocycles. The zero-order valence-electron chi connectivity index (χ0n) is 11.1. The van der Waals surface area contributed by atoms with Gasteiger partial charge in [-0.2, -0.15) is 0 Å². The van der Waals surface area contributed by atoms with Crippen molar-refractivity contribution in [3.05, 3.63) is 0 Å². The lowest BCUT2D eigenvalue weighted by Crippen LogP contribution is -2.46. The number of carbonyl (C=O) groups excluding carboxylic acids is 2. The van der Waals surface area contributed by atoms with Gasteiger partial charge in [0.25, 0.3) is 0 Å². The first-order valence-electron chi connectivity index (χ1n) is 6.61. The monoisotopic (exact) mass is 255 g/mol. The van der Waals surface area contributed by atoms with Gasteiger partial charge in [0.15, 0.2) is 0 Å². The highest BCUT2D eigenvalue weighted by molar-refractivity contribution is 5.81. The zero-order chi connectivity index (χ0) is 13.1. The van der Waals surface area contributed by atoms with Gasteiger partial charge in [-0.1, -0.05) is 0 Å². The molecule has 0 N–H and O–H groups in total. The summed E-state index contributed by atoms with van der Waals surface area (Å²) in [6, 6.07) is 0. The van der Waals surface area contributed by atoms with E-state index in [-0.39, 0.29) is 29.8 Å². The minimum atomic E-state index is -0.205. The summed E-state index contributed by atoms with van der Waals surface area (Å²) in [7, 11) is 1.40. The molecular formula is C13H21NO4. The van der Waals surface area contributed by atoms with Crippen LogP contribution in [0.5, 0.6) is 0 Å². The second kappa shape index (κ2) is 5.69. The van der Waals surface area contributed by atoms with Crippen LogP contribution in [0.25, 0.3) is 0 Å². The van der Waals surface area contributed by atoms with Crippen LogP contribution in [0.3, 0.4) is 0 Å². The minimum Gasteiger partial charge on any atom is -0.469 e. The third-order valence-corrected chi connectivity index (χ3v) is 3.96. The Morgan fingerprint density at radius 1 is 1.33 bits per heavy atom. The fourth-order valence-electron chi connectivity index (χ4n) is 2.83. The van der Waals surface area contributed by atoms with Crippen molar-refractivity contribution >= 4 is 11.9 Å². The number of carbonyl (C=O) groups is 2. The Balaban J connectivity index is 1.96. The molecule has 1 amide bonds. The standard InChI is InChI=1S/C13H21NO4/c1-9-11(5-7-18-9)12(15)14-6-3-4-10(8-14)13(16)17-2/h9-11H,3-8H2,1-2H3. The van der Waals surface area contributed by atoms with Gasteiger partial charge in [-0.15, -0.1) is 0 Å². The number of ether oxygens (including phenoxy) is 2. The quantitative estimate of drug-likeness (QED) is 0.686. The van der Waals surface area contributed by atoms with Crippen molar-refractivity contribution in [3.8, 4) is 0 Å². The van der Waals surface area contributed by atoms with Crippen LogP contribution in [-0.2, 0) is 19.1 Å². The zero-order valence-corrected chi connectivity index (χ0v) is 11.1. The van der Waals surface area contributed by atoms with Crippen LogP contribution in [0.15, 0.2) is 0 Å². The highest BCUT2D eigenvalue weighted by atomic mass is 16.5. The van der Waals surface area contributed by atoms with Crippen molar-refractivity contribution in [1.29, 1.82) is 0 Å². The van der Waals surface area contributed by atoms with E-state index in [0.717, 1.165) is 25.8 Å². The average molecular weight is 255 g/mol. The molecule has 0 aromatic heterocycles. The molecule has 0 spiro atoms. The van der Waals surface area contributed by atoms with E-state index in [9.17, 15) is 9.59 Å². The molecule has 2 rings (SSSR count). The molecule has 2 aliphatic rings. The average Bonchev–Trinajstić information content (AvgIpc) is 2.83. The van der Waals surface area contributed by atoms with Gasteiger partial charge in [0.2, 0.25) is 5.91 Å². The van der Waals surface area contributed by atoms with Crippen molar-refractivity contribution in [2.75, 3.05) is 26.8 Å². The van der Waals surface area contributed by atoms with Gasteiger partial charge >= 0.3 is 5.97 Å². The molecule has 2 saturated heterocycles. The fourth-order valence-corrected chi connectivity index (χ4v) is 2.83. The molecule has 2 heterocycles. The van der Waals surface area contributed by atoms with Gasteiger partial charge in [-0.25, -0.2) is 0 Å². The lowest BCUT2D eigenvalue weighted by atomic mass is 9.95. The maximum absolute atomic E-state index is 12.4. The van der Waals surface area contributed by atoms with Gasteiger partial charge in [-0.3, -0.25) is 9.59 Å². The van der Waals surface area contributed by atoms with Crippen molar-refractivity contribution < 1.29 is 19.1 Å². The third kappa shape index (κ3) is 2.66. The number of methoxy groups -OCH3 is 1. The van der Waals surface area contributed by atoms with E-state index in [1.807, 2.05) is 6.92 Å². The highest BCUT2D eigenvalue weighted by Crippen LogP contribution is 2.26. The third-order valence-electron chi connectivity index (χ3n) is 3.96. The van der Waals surface area contributed by atoms with Crippen molar-refractivity contribution in [2.24, 2.45) is 11.8 Å². The topological polar surface area (TPSA) is 55.8 Å². The van der Waals surface area contributed by atoms with Crippen LogP contribution >= 0.6 is 0 Å². The number of piperidine rings is 1. The van der Waals surface area contributed by atoms with Crippen LogP contribution in [0, 0.1) is 11.8 Å². The molecule has 102 valence electrons. The minimum absolute atomic E-state index is 0.00370. The summed E-state index contributed by atoms with van der Waals surface area (Å²) in [6.45, 7) is 3.84. The number of amides is 1. The molecule has 3 unspecified atom stereocenters. The summed E-state index contributed by atoms with van der Waals surface area (Å²) in [5.41, 5.74) is 0. The maximum atomic E-state index is 12.4. The highest BCUT2D eigenvalue weighted by Gasteiger charge is 2.36. The summed E-state index contributed by atoms with van der Waals surface area (Å²) in [5, 5.41) is 0. The smallest absolute Gasteiger partial charge is 0.310 e. The Kier molecular flexibility index (Phi) is 4.22. The number of rotatable bonds is 2. The molecule has 3 atom stereocenters. The first-order chi connectivity index (χ1) is 8.63. The second-order valence-corrected chi connectivity index (χ2v) is 5.12. The van der Waals surface area contributed by atoms with Crippen molar-refractivity contribution in [2.45, 2.75) is 32.3 Å². The molecule has 18 heavy (non-hydrogen) atoms. The van der Waals surface area contributed by atoms with E-state index in [1.165, 1.54) is 7.11 Å². The Hall–Kier alpha value is -1.10. The molecule has 5 heteroatoms. The molecule has 0 radical (unpaired) electrons. The van der Waals surface area contributed by atoms with Gasteiger partial charge in [0.05, 0.1) is 25.0 Å². The van der Waals surface area contributed by atoms with Gasteiger partial charge in [0.1, 0.15) is 0 Å². The first-order valence-corrected chi connectivity index (χ1v) is 6.61.